The third kappa shape index (κ3) is 6.21. The fourth-order valence-electron chi connectivity index (χ4n) is 3.06. The number of allylic oxidation sites excluding steroid dienone is 1. The summed E-state index contributed by atoms with van der Waals surface area (Å²) in [5, 5.41) is 3.74. The summed E-state index contributed by atoms with van der Waals surface area (Å²) in [5.41, 5.74) is 2.62. The second-order valence-electron chi connectivity index (χ2n) is 6.57. The van der Waals surface area contributed by atoms with Gasteiger partial charge in [-0.1, -0.05) is 54.2 Å². The summed E-state index contributed by atoms with van der Waals surface area (Å²) >= 11 is 1.32. The van der Waals surface area contributed by atoms with Gasteiger partial charge in [0, 0.05) is 11.3 Å². The summed E-state index contributed by atoms with van der Waals surface area (Å²) in [7, 11) is 1.60. The lowest BCUT2D eigenvalue weighted by Gasteiger charge is -2.25. The molecular weight excluding hydrogens is 480 g/mol. The Kier molecular flexibility index (Phi) is 9.33. The molecule has 1 N–H and O–H groups in total. The van der Waals surface area contributed by atoms with Gasteiger partial charge in [0.25, 0.3) is 0 Å². The van der Waals surface area contributed by atoms with Gasteiger partial charge in [0.15, 0.2) is 11.0 Å². The molecule has 0 bridgehead atoms. The summed E-state index contributed by atoms with van der Waals surface area (Å²) < 4.78 is 10.5. The van der Waals surface area contributed by atoms with E-state index in [1.165, 1.54) is 11.8 Å². The Morgan fingerprint density at radius 1 is 1.10 bits per heavy atom. The Morgan fingerprint density at radius 2 is 1.77 bits per heavy atom. The van der Waals surface area contributed by atoms with E-state index in [1.54, 1.807) is 26.2 Å². The number of methoxy groups -OCH3 is 1. The number of thioether (sulfide) groups is 1. The van der Waals surface area contributed by atoms with Crippen LogP contribution in [-0.4, -0.2) is 36.4 Å². The van der Waals surface area contributed by atoms with Crippen LogP contribution in [0, 0.1) is 0 Å². The number of rotatable bonds is 7. The second kappa shape index (κ2) is 11.7. The van der Waals surface area contributed by atoms with Crippen LogP contribution in [0.4, 0.5) is 0 Å². The number of ether oxygens (including phenoxy) is 2. The number of benzene rings is 2. The molecule has 8 heteroatoms. The number of halogens is 1. The minimum atomic E-state index is -0.523. The van der Waals surface area contributed by atoms with Crippen molar-refractivity contribution in [2.45, 2.75) is 19.9 Å². The van der Waals surface area contributed by atoms with E-state index < -0.39 is 12.0 Å². The van der Waals surface area contributed by atoms with Gasteiger partial charge in [0.05, 0.1) is 25.0 Å². The molecule has 164 valence electrons. The van der Waals surface area contributed by atoms with Gasteiger partial charge < -0.3 is 14.8 Å². The van der Waals surface area contributed by atoms with E-state index in [-0.39, 0.29) is 35.1 Å². The fraction of sp³-hybridized carbons (Fsp3) is 0.261. The van der Waals surface area contributed by atoms with Crippen LogP contribution in [-0.2, 0) is 9.53 Å². The first kappa shape index (κ1) is 24.7. The maximum absolute atomic E-state index is 12.6. The molecule has 0 aliphatic carbocycles. The number of carbonyl (C=O) groups excluding carboxylic acids is 2. The summed E-state index contributed by atoms with van der Waals surface area (Å²) in [6, 6.07) is 16.0. The number of hydrogen-bond acceptors (Lipinski definition) is 7. The van der Waals surface area contributed by atoms with E-state index in [9.17, 15) is 9.59 Å². The van der Waals surface area contributed by atoms with Crippen LogP contribution in [0.5, 0.6) is 5.75 Å². The monoisotopic (exact) mass is 504 g/mol. The van der Waals surface area contributed by atoms with Gasteiger partial charge in [-0.2, -0.15) is 0 Å². The highest BCUT2D eigenvalue weighted by Gasteiger charge is 2.30. The summed E-state index contributed by atoms with van der Waals surface area (Å²) in [5.74, 6) is 0.575. The summed E-state index contributed by atoms with van der Waals surface area (Å²) in [6.07, 6.45) is 0. The van der Waals surface area contributed by atoms with Crippen LogP contribution in [0.2, 0.25) is 0 Å². The van der Waals surface area contributed by atoms with Crippen LogP contribution >= 0.6 is 28.7 Å². The summed E-state index contributed by atoms with van der Waals surface area (Å²) in [4.78, 5) is 29.8. The Morgan fingerprint density at radius 3 is 2.39 bits per heavy atom. The highest BCUT2D eigenvalue weighted by molar-refractivity contribution is 8.93. The molecule has 31 heavy (non-hydrogen) atoms. The zero-order chi connectivity index (χ0) is 21.5. The molecule has 2 aromatic rings. The molecule has 0 saturated carbocycles. The van der Waals surface area contributed by atoms with Crippen LogP contribution in [0.3, 0.4) is 0 Å². The molecule has 6 nitrogen and oxygen atoms in total. The average molecular weight is 505 g/mol. The number of carbonyl (C=O) groups is 2. The predicted molar refractivity (Wildman–Crippen MR) is 129 cm³/mol. The molecule has 0 fully saturated rings. The number of nitrogens with zero attached hydrogens (tertiary/aromatic N) is 1. The first-order valence-electron chi connectivity index (χ1n) is 9.61. The normalized spacial score (nSPS) is 15.3. The molecule has 0 radical (unpaired) electrons. The van der Waals surface area contributed by atoms with E-state index in [0.717, 1.165) is 11.3 Å². The molecule has 1 unspecified atom stereocenters. The third-order valence-electron chi connectivity index (χ3n) is 4.58. The average Bonchev–Trinajstić information content (AvgIpc) is 2.77. The van der Waals surface area contributed by atoms with Crippen LogP contribution < -0.4 is 10.1 Å². The predicted octanol–water partition coefficient (Wildman–Crippen LogP) is 4.73. The van der Waals surface area contributed by atoms with E-state index >= 15 is 0 Å². The number of Topliss-reactive ketones (excluding diaryl/α,β-unsaturated/α-hetero) is 1. The molecule has 1 atom stereocenters. The fourth-order valence-corrected chi connectivity index (χ4v) is 3.90. The van der Waals surface area contributed by atoms with E-state index in [0.29, 0.717) is 22.0 Å². The number of hydrogen-bond donors (Lipinski definition) is 1. The molecule has 1 heterocycles. The van der Waals surface area contributed by atoms with Crippen molar-refractivity contribution in [2.24, 2.45) is 4.99 Å². The highest BCUT2D eigenvalue weighted by atomic mass is 79.9. The van der Waals surface area contributed by atoms with Gasteiger partial charge in [0.1, 0.15) is 11.8 Å². The highest BCUT2D eigenvalue weighted by Crippen LogP contribution is 2.33. The molecule has 3 rings (SSSR count). The minimum Gasteiger partial charge on any atom is -0.497 e. The standard InChI is InChI=1S/C23H24N2O4S.BrH/c1-4-29-22(27)20-15(2)24-23(30-14-19(26)16-8-6-5-7-9-16)25-21(20)17-10-12-18(28-3)13-11-17;/h5-13,21H,4,14H2,1-3H3,(H,24,25);1H. The minimum absolute atomic E-state index is 0. The van der Waals surface area contributed by atoms with E-state index in [2.05, 4.69) is 5.32 Å². The number of nitrogens with one attached hydrogen (secondary N) is 1. The third-order valence-corrected chi connectivity index (χ3v) is 5.47. The molecule has 0 spiro atoms. The number of ketones is 1. The lowest BCUT2D eigenvalue weighted by molar-refractivity contribution is -0.138. The zero-order valence-electron chi connectivity index (χ0n) is 17.6. The van der Waals surface area contributed by atoms with Crippen molar-refractivity contribution < 1.29 is 19.1 Å². The molecular formula is C23H25BrN2O4S. The van der Waals surface area contributed by atoms with Crippen molar-refractivity contribution in [3.8, 4) is 5.75 Å². The molecule has 0 amide bonds. The van der Waals surface area contributed by atoms with Gasteiger partial charge in [-0.05, 0) is 31.5 Å². The maximum Gasteiger partial charge on any atom is 0.338 e. The SMILES string of the molecule is Br.CCOC(=O)C1=C(C)NC(SCC(=O)c2ccccc2)=NC1c1ccc(OC)cc1. The quantitative estimate of drug-likeness (QED) is 0.433. The van der Waals surface area contributed by atoms with Crippen LogP contribution in [0.15, 0.2) is 70.9 Å². The van der Waals surface area contributed by atoms with Crippen molar-refractivity contribution >= 4 is 45.7 Å². The first-order valence-corrected chi connectivity index (χ1v) is 10.6. The van der Waals surface area contributed by atoms with Gasteiger partial charge in [0.2, 0.25) is 0 Å². The maximum atomic E-state index is 12.6. The van der Waals surface area contributed by atoms with Crippen LogP contribution in [0.1, 0.15) is 35.8 Å². The van der Waals surface area contributed by atoms with Crippen molar-refractivity contribution in [1.82, 2.24) is 5.32 Å². The molecule has 1 aliphatic rings. The number of amidine groups is 1. The largest absolute Gasteiger partial charge is 0.497 e. The van der Waals surface area contributed by atoms with Gasteiger partial charge >= 0.3 is 5.97 Å². The second-order valence-corrected chi connectivity index (χ2v) is 7.54. The van der Waals surface area contributed by atoms with Gasteiger partial charge in [-0.3, -0.25) is 4.79 Å². The molecule has 0 saturated heterocycles. The van der Waals surface area contributed by atoms with Crippen molar-refractivity contribution in [2.75, 3.05) is 19.5 Å². The lowest BCUT2D eigenvalue weighted by atomic mass is 9.96. The first-order chi connectivity index (χ1) is 14.5. The number of esters is 1. The van der Waals surface area contributed by atoms with Gasteiger partial charge in [-0.15, -0.1) is 17.0 Å². The van der Waals surface area contributed by atoms with Crippen LogP contribution in [0.25, 0.3) is 0 Å². The van der Waals surface area contributed by atoms with Crippen molar-refractivity contribution in [3.63, 3.8) is 0 Å². The molecule has 0 aromatic heterocycles. The van der Waals surface area contributed by atoms with Gasteiger partial charge in [-0.25, -0.2) is 9.79 Å². The molecule has 2 aromatic carbocycles. The van der Waals surface area contributed by atoms with E-state index in [1.807, 2.05) is 49.4 Å². The lowest BCUT2D eigenvalue weighted by Crippen LogP contribution is -2.31. The topological polar surface area (TPSA) is 77.0 Å². The zero-order valence-corrected chi connectivity index (χ0v) is 20.1. The Hall–Kier alpha value is -2.58. The number of aliphatic imine (C=N–C) groups is 1. The smallest absolute Gasteiger partial charge is 0.338 e. The van der Waals surface area contributed by atoms with E-state index in [4.69, 9.17) is 14.5 Å². The Balaban J connectivity index is 0.00000341. The molecule has 1 aliphatic heterocycles. The van der Waals surface area contributed by atoms with Crippen molar-refractivity contribution in [1.29, 1.82) is 0 Å². The summed E-state index contributed by atoms with van der Waals surface area (Å²) in [6.45, 7) is 3.87. The van der Waals surface area contributed by atoms with Crippen molar-refractivity contribution in [3.05, 3.63) is 77.0 Å². The Bertz CT molecular complexity index is 975. The Labute approximate surface area is 196 Å².